The van der Waals surface area contributed by atoms with E-state index in [0.717, 1.165) is 48.6 Å². The summed E-state index contributed by atoms with van der Waals surface area (Å²) >= 11 is 6.29. The van der Waals surface area contributed by atoms with Gasteiger partial charge in [0.25, 0.3) is 0 Å². The summed E-state index contributed by atoms with van der Waals surface area (Å²) in [5.41, 5.74) is 3.10. The molecule has 4 heteroatoms. The summed E-state index contributed by atoms with van der Waals surface area (Å²) in [6.07, 6.45) is 6.33. The Hall–Kier alpha value is -1.09. The SMILES string of the molecule is CCn1nc(C)c(Cl)c1CC1=CC(=O)CCCC1. The number of carbonyl (C=O) groups is 1. The second-order valence-corrected chi connectivity index (χ2v) is 5.19. The third-order valence-electron chi connectivity index (χ3n) is 3.38. The van der Waals surface area contributed by atoms with Crippen molar-refractivity contribution in [2.24, 2.45) is 0 Å². The smallest absolute Gasteiger partial charge is 0.155 e. The van der Waals surface area contributed by atoms with Crippen molar-refractivity contribution in [3.8, 4) is 0 Å². The highest BCUT2D eigenvalue weighted by molar-refractivity contribution is 6.31. The van der Waals surface area contributed by atoms with Gasteiger partial charge in [0.1, 0.15) is 0 Å². The largest absolute Gasteiger partial charge is 0.295 e. The van der Waals surface area contributed by atoms with E-state index in [1.807, 2.05) is 17.7 Å². The quantitative estimate of drug-likeness (QED) is 0.840. The topological polar surface area (TPSA) is 34.9 Å². The van der Waals surface area contributed by atoms with Gasteiger partial charge in [0.05, 0.1) is 16.4 Å². The van der Waals surface area contributed by atoms with Crippen molar-refractivity contribution in [2.75, 3.05) is 0 Å². The molecule has 1 heterocycles. The van der Waals surface area contributed by atoms with E-state index in [9.17, 15) is 4.79 Å². The zero-order chi connectivity index (χ0) is 13.1. The fourth-order valence-corrected chi connectivity index (χ4v) is 2.62. The normalized spacial score (nSPS) is 16.6. The van der Waals surface area contributed by atoms with Gasteiger partial charge in [-0.1, -0.05) is 17.2 Å². The van der Waals surface area contributed by atoms with Crippen LogP contribution in [0.2, 0.25) is 5.02 Å². The number of nitrogens with zero attached hydrogens (tertiary/aromatic N) is 2. The molecule has 0 aromatic carbocycles. The zero-order valence-electron chi connectivity index (χ0n) is 11.0. The molecule has 2 rings (SSSR count). The Labute approximate surface area is 113 Å². The highest BCUT2D eigenvalue weighted by Crippen LogP contribution is 2.26. The molecule has 0 saturated carbocycles. The molecule has 98 valence electrons. The first-order chi connectivity index (χ1) is 8.61. The molecule has 0 radical (unpaired) electrons. The zero-order valence-corrected chi connectivity index (χ0v) is 11.8. The number of hydrogen-bond acceptors (Lipinski definition) is 2. The van der Waals surface area contributed by atoms with E-state index < -0.39 is 0 Å². The lowest BCUT2D eigenvalue weighted by atomic mass is 10.0. The maximum absolute atomic E-state index is 11.6. The summed E-state index contributed by atoms with van der Waals surface area (Å²) in [5, 5.41) is 5.15. The van der Waals surface area contributed by atoms with Crippen molar-refractivity contribution in [1.29, 1.82) is 0 Å². The Morgan fingerprint density at radius 3 is 2.83 bits per heavy atom. The number of hydrogen-bond donors (Lipinski definition) is 0. The minimum atomic E-state index is 0.248. The minimum absolute atomic E-state index is 0.248. The van der Waals surface area contributed by atoms with Crippen LogP contribution >= 0.6 is 11.6 Å². The first kappa shape index (κ1) is 13.3. The number of aryl methyl sites for hydroxylation is 2. The molecule has 1 aromatic rings. The van der Waals surface area contributed by atoms with Gasteiger partial charge in [0.2, 0.25) is 0 Å². The number of ketones is 1. The van der Waals surface area contributed by atoms with Gasteiger partial charge in [-0.3, -0.25) is 9.48 Å². The molecule has 0 aliphatic heterocycles. The second-order valence-electron chi connectivity index (χ2n) is 4.81. The minimum Gasteiger partial charge on any atom is -0.295 e. The highest BCUT2D eigenvalue weighted by atomic mass is 35.5. The molecular weight excluding hydrogens is 248 g/mol. The molecule has 1 aliphatic rings. The molecule has 3 nitrogen and oxygen atoms in total. The first-order valence-electron chi connectivity index (χ1n) is 6.56. The standard InChI is InChI=1S/C14H19ClN2O/c1-3-17-13(14(15)10(2)16-17)9-11-6-4-5-7-12(18)8-11/h8H,3-7,9H2,1-2H3. The summed E-state index contributed by atoms with van der Waals surface area (Å²) in [5.74, 6) is 0.248. The molecule has 0 saturated heterocycles. The van der Waals surface area contributed by atoms with E-state index in [0.29, 0.717) is 6.42 Å². The van der Waals surface area contributed by atoms with E-state index in [1.54, 1.807) is 0 Å². The molecule has 18 heavy (non-hydrogen) atoms. The third-order valence-corrected chi connectivity index (χ3v) is 3.88. The molecule has 0 N–H and O–H groups in total. The number of carbonyl (C=O) groups excluding carboxylic acids is 1. The highest BCUT2D eigenvalue weighted by Gasteiger charge is 2.16. The molecule has 0 amide bonds. The Kier molecular flexibility index (Phi) is 4.23. The van der Waals surface area contributed by atoms with Crippen LogP contribution < -0.4 is 0 Å². The maximum Gasteiger partial charge on any atom is 0.155 e. The summed E-state index contributed by atoms with van der Waals surface area (Å²) < 4.78 is 1.94. The van der Waals surface area contributed by atoms with Gasteiger partial charge in [0.15, 0.2) is 5.78 Å². The van der Waals surface area contributed by atoms with E-state index in [1.165, 1.54) is 5.57 Å². The molecule has 0 atom stereocenters. The summed E-state index contributed by atoms with van der Waals surface area (Å²) in [4.78, 5) is 11.6. The van der Waals surface area contributed by atoms with Gasteiger partial charge in [-0.25, -0.2) is 0 Å². The van der Waals surface area contributed by atoms with Crippen LogP contribution in [0.5, 0.6) is 0 Å². The van der Waals surface area contributed by atoms with Gasteiger partial charge < -0.3 is 0 Å². The van der Waals surface area contributed by atoms with E-state index in [4.69, 9.17) is 11.6 Å². The number of aromatic nitrogens is 2. The lowest BCUT2D eigenvalue weighted by Gasteiger charge is -2.08. The first-order valence-corrected chi connectivity index (χ1v) is 6.93. The van der Waals surface area contributed by atoms with Gasteiger partial charge in [-0.05, 0) is 39.2 Å². The Bertz CT molecular complexity index is 488. The van der Waals surface area contributed by atoms with Crippen molar-refractivity contribution < 1.29 is 4.79 Å². The number of rotatable bonds is 3. The third kappa shape index (κ3) is 2.83. The van der Waals surface area contributed by atoms with E-state index in [2.05, 4.69) is 12.0 Å². The molecule has 0 fully saturated rings. The average Bonchev–Trinajstić information content (AvgIpc) is 2.53. The molecule has 0 unspecified atom stereocenters. The van der Waals surface area contributed by atoms with Crippen molar-refractivity contribution in [3.63, 3.8) is 0 Å². The van der Waals surface area contributed by atoms with Crippen LogP contribution in [0, 0.1) is 6.92 Å². The maximum atomic E-state index is 11.6. The van der Waals surface area contributed by atoms with Crippen molar-refractivity contribution in [1.82, 2.24) is 9.78 Å². The van der Waals surface area contributed by atoms with E-state index in [-0.39, 0.29) is 5.78 Å². The van der Waals surface area contributed by atoms with Crippen LogP contribution in [0.4, 0.5) is 0 Å². The van der Waals surface area contributed by atoms with Gasteiger partial charge >= 0.3 is 0 Å². The Balaban J connectivity index is 2.25. The van der Waals surface area contributed by atoms with Gasteiger partial charge in [-0.2, -0.15) is 5.10 Å². The van der Waals surface area contributed by atoms with Crippen LogP contribution in [0.1, 0.15) is 44.0 Å². The fourth-order valence-electron chi connectivity index (χ4n) is 2.42. The predicted octanol–water partition coefficient (Wildman–Crippen LogP) is 3.48. The van der Waals surface area contributed by atoms with Gasteiger partial charge in [0, 0.05) is 19.4 Å². The van der Waals surface area contributed by atoms with Gasteiger partial charge in [-0.15, -0.1) is 0 Å². The molecule has 1 aromatic heterocycles. The Morgan fingerprint density at radius 2 is 2.11 bits per heavy atom. The average molecular weight is 267 g/mol. The lowest BCUT2D eigenvalue weighted by Crippen LogP contribution is -2.05. The summed E-state index contributed by atoms with van der Waals surface area (Å²) in [7, 11) is 0. The monoisotopic (exact) mass is 266 g/mol. The van der Waals surface area contributed by atoms with Crippen LogP contribution in [-0.2, 0) is 17.8 Å². The number of allylic oxidation sites excluding steroid dienone is 2. The van der Waals surface area contributed by atoms with Crippen LogP contribution in [-0.4, -0.2) is 15.6 Å². The molecule has 0 bridgehead atoms. The molecular formula is C14H19ClN2O. The second kappa shape index (κ2) is 5.70. The lowest BCUT2D eigenvalue weighted by molar-refractivity contribution is -0.114. The summed E-state index contributed by atoms with van der Waals surface area (Å²) in [6.45, 7) is 4.79. The predicted molar refractivity (Wildman–Crippen MR) is 72.9 cm³/mol. The van der Waals surface area contributed by atoms with E-state index >= 15 is 0 Å². The number of halogens is 1. The molecule has 0 spiro atoms. The van der Waals surface area contributed by atoms with Crippen molar-refractivity contribution >= 4 is 17.4 Å². The van der Waals surface area contributed by atoms with Crippen LogP contribution in [0.15, 0.2) is 11.6 Å². The van der Waals surface area contributed by atoms with Crippen LogP contribution in [0.3, 0.4) is 0 Å². The van der Waals surface area contributed by atoms with Crippen molar-refractivity contribution in [3.05, 3.63) is 28.1 Å². The Morgan fingerprint density at radius 1 is 1.39 bits per heavy atom. The van der Waals surface area contributed by atoms with Crippen LogP contribution in [0.25, 0.3) is 0 Å². The summed E-state index contributed by atoms with van der Waals surface area (Å²) in [6, 6.07) is 0. The molecule has 1 aliphatic carbocycles. The fraction of sp³-hybridized carbons (Fsp3) is 0.571. The van der Waals surface area contributed by atoms with Crippen molar-refractivity contribution in [2.45, 2.75) is 52.5 Å².